The largest absolute Gasteiger partial charge is 0.493 e. The molecule has 2 aliphatic rings. The highest BCUT2D eigenvalue weighted by Crippen LogP contribution is 2.47. The van der Waals surface area contributed by atoms with Gasteiger partial charge in [-0.25, -0.2) is 4.79 Å². The van der Waals surface area contributed by atoms with E-state index in [9.17, 15) is 9.59 Å². The third kappa shape index (κ3) is 3.63. The Labute approximate surface area is 198 Å². The molecule has 1 aliphatic carbocycles. The minimum atomic E-state index is -0.472. The van der Waals surface area contributed by atoms with E-state index in [1.165, 1.54) is 0 Å². The van der Waals surface area contributed by atoms with Crippen LogP contribution in [0.2, 0.25) is 0 Å². The Morgan fingerprint density at radius 2 is 1.94 bits per heavy atom. The van der Waals surface area contributed by atoms with E-state index in [1.807, 2.05) is 31.2 Å². The molecule has 3 N–H and O–H groups in total. The van der Waals surface area contributed by atoms with Crippen molar-refractivity contribution in [2.45, 2.75) is 51.1 Å². The number of urea groups is 1. The molecule has 1 fully saturated rings. The van der Waals surface area contributed by atoms with Gasteiger partial charge in [-0.2, -0.15) is 0 Å². The van der Waals surface area contributed by atoms with Crippen molar-refractivity contribution in [2.75, 3.05) is 19.5 Å². The SMILES string of the molecule is COc1cccc(CNC(=O)c2cc3cc(C)c4c(c3o2)C2(CCCCC2)NC(=O)N4)c1OC. The van der Waals surface area contributed by atoms with E-state index >= 15 is 0 Å². The first-order valence-electron chi connectivity index (χ1n) is 11.6. The van der Waals surface area contributed by atoms with Crippen LogP contribution in [0.4, 0.5) is 10.5 Å². The van der Waals surface area contributed by atoms with Gasteiger partial charge in [0.15, 0.2) is 17.3 Å². The number of methoxy groups -OCH3 is 2. The van der Waals surface area contributed by atoms with E-state index in [-0.39, 0.29) is 24.2 Å². The first-order valence-corrected chi connectivity index (χ1v) is 11.6. The Bertz CT molecular complexity index is 1270. The van der Waals surface area contributed by atoms with Gasteiger partial charge in [0.2, 0.25) is 0 Å². The highest BCUT2D eigenvalue weighted by Gasteiger charge is 2.43. The van der Waals surface area contributed by atoms with Crippen molar-refractivity contribution in [3.63, 3.8) is 0 Å². The normalized spacial score (nSPS) is 16.5. The molecular formula is C26H29N3O5. The number of amides is 3. The van der Waals surface area contributed by atoms with Crippen LogP contribution < -0.4 is 25.4 Å². The number of aryl methyl sites for hydroxylation is 1. The van der Waals surface area contributed by atoms with Gasteiger partial charge in [-0.05, 0) is 43.5 Å². The van der Waals surface area contributed by atoms with Crippen LogP contribution in [-0.2, 0) is 12.1 Å². The first kappa shape index (κ1) is 22.1. The summed E-state index contributed by atoms with van der Waals surface area (Å²) >= 11 is 0. The van der Waals surface area contributed by atoms with Gasteiger partial charge < -0.3 is 29.8 Å². The van der Waals surface area contributed by atoms with Crippen LogP contribution in [0, 0.1) is 6.92 Å². The Hall–Kier alpha value is -3.68. The van der Waals surface area contributed by atoms with Gasteiger partial charge in [-0.1, -0.05) is 31.4 Å². The van der Waals surface area contributed by atoms with E-state index in [2.05, 4.69) is 16.0 Å². The summed E-state index contributed by atoms with van der Waals surface area (Å²) in [5, 5.41) is 9.92. The smallest absolute Gasteiger partial charge is 0.319 e. The molecule has 178 valence electrons. The number of ether oxygens (including phenoxy) is 2. The molecule has 5 rings (SSSR count). The maximum absolute atomic E-state index is 13.1. The van der Waals surface area contributed by atoms with Crippen molar-refractivity contribution < 1.29 is 23.5 Å². The Kier molecular flexibility index (Phi) is 5.59. The summed E-state index contributed by atoms with van der Waals surface area (Å²) in [6, 6.07) is 9.08. The standard InChI is InChI=1S/C26H29N3O5/c1-15-12-17-13-19(24(30)27-14-16-8-7-9-18(32-2)22(16)33-3)34-23(17)20-21(15)28-25(31)29-26(20)10-5-4-6-11-26/h7-9,12-13H,4-6,10-11,14H2,1-3H3,(H,27,30)(H2,28,29,31). The molecule has 0 bridgehead atoms. The number of nitrogens with one attached hydrogen (secondary N) is 3. The fraction of sp³-hybridized carbons (Fsp3) is 0.385. The molecule has 1 aromatic heterocycles. The molecule has 1 aliphatic heterocycles. The van der Waals surface area contributed by atoms with Crippen LogP contribution in [0.15, 0.2) is 34.7 Å². The number of para-hydroxylation sites is 1. The summed E-state index contributed by atoms with van der Waals surface area (Å²) in [6.07, 6.45) is 4.92. The van der Waals surface area contributed by atoms with Gasteiger partial charge in [0.1, 0.15) is 5.58 Å². The molecule has 0 radical (unpaired) electrons. The van der Waals surface area contributed by atoms with Gasteiger partial charge in [0.25, 0.3) is 5.91 Å². The van der Waals surface area contributed by atoms with E-state index in [4.69, 9.17) is 13.9 Å². The molecule has 34 heavy (non-hydrogen) atoms. The zero-order chi connectivity index (χ0) is 23.9. The molecule has 8 heteroatoms. The lowest BCUT2D eigenvalue weighted by molar-refractivity contribution is 0.0924. The predicted molar refractivity (Wildman–Crippen MR) is 129 cm³/mol. The number of carbonyl (C=O) groups excluding carboxylic acids is 2. The second-order valence-corrected chi connectivity index (χ2v) is 9.03. The molecule has 0 unspecified atom stereocenters. The number of hydrogen-bond acceptors (Lipinski definition) is 5. The minimum absolute atomic E-state index is 0.186. The second kappa shape index (κ2) is 8.59. The highest BCUT2D eigenvalue weighted by atomic mass is 16.5. The molecule has 3 aromatic rings. The predicted octanol–water partition coefficient (Wildman–Crippen LogP) is 4.98. The molecule has 0 atom stereocenters. The van der Waals surface area contributed by atoms with Crippen LogP contribution in [-0.4, -0.2) is 26.2 Å². The zero-order valence-electron chi connectivity index (χ0n) is 19.7. The van der Waals surface area contributed by atoms with Gasteiger partial charge >= 0.3 is 6.03 Å². The second-order valence-electron chi connectivity index (χ2n) is 9.03. The first-order chi connectivity index (χ1) is 16.5. The van der Waals surface area contributed by atoms with Crippen molar-refractivity contribution in [2.24, 2.45) is 0 Å². The minimum Gasteiger partial charge on any atom is -0.493 e. The van der Waals surface area contributed by atoms with Gasteiger partial charge in [-0.15, -0.1) is 0 Å². The van der Waals surface area contributed by atoms with Crippen molar-refractivity contribution in [1.82, 2.24) is 10.6 Å². The highest BCUT2D eigenvalue weighted by molar-refractivity contribution is 6.03. The van der Waals surface area contributed by atoms with Crippen molar-refractivity contribution in [1.29, 1.82) is 0 Å². The third-order valence-corrected chi connectivity index (χ3v) is 6.93. The Morgan fingerprint density at radius 1 is 1.15 bits per heavy atom. The number of rotatable bonds is 5. The van der Waals surface area contributed by atoms with Gasteiger partial charge in [0, 0.05) is 23.1 Å². The molecule has 1 saturated carbocycles. The van der Waals surface area contributed by atoms with Crippen LogP contribution in [0.25, 0.3) is 11.0 Å². The summed E-state index contributed by atoms with van der Waals surface area (Å²) in [5.41, 5.74) is 3.68. The lowest BCUT2D eigenvalue weighted by Gasteiger charge is -2.43. The number of anilines is 1. The summed E-state index contributed by atoms with van der Waals surface area (Å²) in [6.45, 7) is 2.23. The molecule has 2 heterocycles. The number of carbonyl (C=O) groups is 2. The molecule has 2 aromatic carbocycles. The molecule has 3 amide bonds. The number of furan rings is 1. The molecule has 0 saturated heterocycles. The summed E-state index contributed by atoms with van der Waals surface area (Å²) in [4.78, 5) is 25.5. The van der Waals surface area contributed by atoms with E-state index in [1.54, 1.807) is 20.3 Å². The van der Waals surface area contributed by atoms with Crippen molar-refractivity contribution in [3.05, 3.63) is 52.8 Å². The van der Waals surface area contributed by atoms with Gasteiger partial charge in [0.05, 0.1) is 25.4 Å². The summed E-state index contributed by atoms with van der Waals surface area (Å²) in [7, 11) is 3.15. The van der Waals surface area contributed by atoms with E-state index in [0.29, 0.717) is 17.1 Å². The van der Waals surface area contributed by atoms with Crippen LogP contribution >= 0.6 is 0 Å². The zero-order valence-corrected chi connectivity index (χ0v) is 19.7. The van der Waals surface area contributed by atoms with Gasteiger partial charge in [-0.3, -0.25) is 4.79 Å². The molecular weight excluding hydrogens is 434 g/mol. The molecule has 8 nitrogen and oxygen atoms in total. The maximum atomic E-state index is 13.1. The monoisotopic (exact) mass is 463 g/mol. The number of hydrogen-bond donors (Lipinski definition) is 3. The molecule has 1 spiro atoms. The van der Waals surface area contributed by atoms with Crippen LogP contribution in [0.3, 0.4) is 0 Å². The quantitative estimate of drug-likeness (QED) is 0.495. The van der Waals surface area contributed by atoms with Crippen LogP contribution in [0.5, 0.6) is 11.5 Å². The number of benzene rings is 2. The summed E-state index contributed by atoms with van der Waals surface area (Å²) in [5.74, 6) is 1.10. The van der Waals surface area contributed by atoms with Crippen molar-refractivity contribution in [3.8, 4) is 11.5 Å². The van der Waals surface area contributed by atoms with Crippen LogP contribution in [0.1, 0.15) is 59.3 Å². The topological polar surface area (TPSA) is 102 Å². The van der Waals surface area contributed by atoms with E-state index in [0.717, 1.165) is 59.9 Å². The Morgan fingerprint density at radius 3 is 2.68 bits per heavy atom. The number of fused-ring (bicyclic) bond motifs is 4. The lowest BCUT2D eigenvalue weighted by atomic mass is 9.74. The average molecular weight is 464 g/mol. The Balaban J connectivity index is 1.49. The maximum Gasteiger partial charge on any atom is 0.319 e. The average Bonchev–Trinajstić information content (AvgIpc) is 3.26. The van der Waals surface area contributed by atoms with Crippen molar-refractivity contribution >= 4 is 28.6 Å². The third-order valence-electron chi connectivity index (χ3n) is 6.93. The fourth-order valence-corrected chi connectivity index (χ4v) is 5.36. The fourth-order valence-electron chi connectivity index (χ4n) is 5.36. The lowest BCUT2D eigenvalue weighted by Crippen LogP contribution is -2.52. The van der Waals surface area contributed by atoms with E-state index < -0.39 is 5.54 Å². The summed E-state index contributed by atoms with van der Waals surface area (Å²) < 4.78 is 17.0.